The smallest absolute Gasteiger partial charge is 0.0569 e. The first-order chi connectivity index (χ1) is 9.46. The zero-order valence-corrected chi connectivity index (χ0v) is 12.8. The molecule has 6 N–H and O–H groups in total. The van der Waals surface area contributed by atoms with Gasteiger partial charge in [-0.1, -0.05) is 13.8 Å². The Balaban J connectivity index is 0.000000361. The Morgan fingerprint density at radius 3 is 1.70 bits per heavy atom. The van der Waals surface area contributed by atoms with Crippen LogP contribution >= 0.6 is 0 Å². The molecule has 0 heterocycles. The van der Waals surface area contributed by atoms with E-state index >= 15 is 0 Å². The van der Waals surface area contributed by atoms with Gasteiger partial charge in [0.05, 0.1) is 25.9 Å². The van der Waals surface area contributed by atoms with E-state index in [2.05, 4.69) is 13.8 Å². The molecule has 0 spiro atoms. The predicted molar refractivity (Wildman–Crippen MR) is 79.2 cm³/mol. The second kappa shape index (κ2) is 11.4. The molecular weight excluding hydrogens is 260 g/mol. The predicted octanol–water partition coefficient (Wildman–Crippen LogP) is -0.994. The highest BCUT2D eigenvalue weighted by Crippen LogP contribution is 2.27. The van der Waals surface area contributed by atoms with Crippen LogP contribution in [0.3, 0.4) is 0 Å². The summed E-state index contributed by atoms with van der Waals surface area (Å²) in [7, 11) is 0. The first kappa shape index (κ1) is 19.8. The monoisotopic (exact) mass is 292 g/mol. The van der Waals surface area contributed by atoms with Crippen LogP contribution in [0.1, 0.15) is 26.7 Å². The van der Waals surface area contributed by atoms with E-state index in [1.54, 1.807) is 4.90 Å². The van der Waals surface area contributed by atoms with Gasteiger partial charge in [-0.3, -0.25) is 4.90 Å². The van der Waals surface area contributed by atoms with Crippen LogP contribution in [0.2, 0.25) is 0 Å². The molecule has 6 heteroatoms. The summed E-state index contributed by atoms with van der Waals surface area (Å²) in [4.78, 5) is 1.79. The van der Waals surface area contributed by atoms with Crippen molar-refractivity contribution in [1.29, 1.82) is 0 Å². The van der Waals surface area contributed by atoms with E-state index in [1.807, 2.05) is 0 Å². The number of aliphatic hydroxyl groups is 4. The fourth-order valence-corrected chi connectivity index (χ4v) is 2.37. The van der Waals surface area contributed by atoms with E-state index < -0.39 is 0 Å². The zero-order valence-electron chi connectivity index (χ0n) is 12.8. The van der Waals surface area contributed by atoms with Crippen molar-refractivity contribution >= 4 is 0 Å². The van der Waals surface area contributed by atoms with Gasteiger partial charge in [-0.15, -0.1) is 0 Å². The number of aliphatic hydroxyl groups excluding tert-OH is 4. The summed E-state index contributed by atoms with van der Waals surface area (Å²) in [6.07, 6.45) is 1.74. The summed E-state index contributed by atoms with van der Waals surface area (Å²) < 4.78 is 0. The average Bonchev–Trinajstić information content (AvgIpc) is 2.38. The molecule has 0 saturated heterocycles. The van der Waals surface area contributed by atoms with Crippen LogP contribution in [0.15, 0.2) is 0 Å². The third kappa shape index (κ3) is 8.14. The lowest BCUT2D eigenvalue weighted by Crippen LogP contribution is -2.40. The molecule has 122 valence electrons. The summed E-state index contributed by atoms with van der Waals surface area (Å²) in [5, 5.41) is 34.9. The van der Waals surface area contributed by atoms with Crippen LogP contribution in [-0.2, 0) is 0 Å². The Morgan fingerprint density at radius 2 is 1.35 bits per heavy atom. The second-order valence-corrected chi connectivity index (χ2v) is 5.67. The molecule has 0 aliphatic heterocycles. The normalized spacial score (nSPS) is 30.0. The van der Waals surface area contributed by atoms with Crippen molar-refractivity contribution in [3.05, 3.63) is 0 Å². The van der Waals surface area contributed by atoms with Crippen molar-refractivity contribution in [3.63, 3.8) is 0 Å². The fourth-order valence-electron chi connectivity index (χ4n) is 2.37. The maximum Gasteiger partial charge on any atom is 0.0569 e. The topological polar surface area (TPSA) is 110 Å². The Bertz CT molecular complexity index is 191. The molecule has 1 saturated carbocycles. The Hall–Kier alpha value is -0.240. The van der Waals surface area contributed by atoms with E-state index in [-0.39, 0.29) is 25.9 Å². The molecule has 0 aromatic carbocycles. The van der Waals surface area contributed by atoms with Crippen molar-refractivity contribution in [2.45, 2.75) is 38.8 Å². The summed E-state index contributed by atoms with van der Waals surface area (Å²) in [5.41, 5.74) is 5.82. The van der Waals surface area contributed by atoms with Crippen LogP contribution < -0.4 is 5.73 Å². The van der Waals surface area contributed by atoms with E-state index in [0.717, 1.165) is 12.8 Å². The maximum atomic E-state index is 9.41. The molecular formula is C14H32N2O4. The Labute approximate surface area is 122 Å². The van der Waals surface area contributed by atoms with Gasteiger partial charge in [-0.05, 0) is 24.7 Å². The molecule has 0 amide bonds. The van der Waals surface area contributed by atoms with Gasteiger partial charge in [0.2, 0.25) is 0 Å². The molecule has 4 atom stereocenters. The maximum absolute atomic E-state index is 9.41. The minimum atomic E-state index is -0.116. The first-order valence-electron chi connectivity index (χ1n) is 7.44. The van der Waals surface area contributed by atoms with Crippen molar-refractivity contribution < 1.29 is 20.4 Å². The van der Waals surface area contributed by atoms with Gasteiger partial charge >= 0.3 is 0 Å². The van der Waals surface area contributed by atoms with Gasteiger partial charge in [0, 0.05) is 25.7 Å². The van der Waals surface area contributed by atoms with Crippen LogP contribution in [0.5, 0.6) is 0 Å². The molecule has 20 heavy (non-hydrogen) atoms. The SMILES string of the molecule is CC1CC(O)C(C)CC1N.OCCN(CCO)CCO. The number of rotatable bonds is 6. The lowest BCUT2D eigenvalue weighted by Gasteiger charge is -2.33. The molecule has 0 radical (unpaired) electrons. The van der Waals surface area contributed by atoms with E-state index in [1.165, 1.54) is 0 Å². The van der Waals surface area contributed by atoms with Crippen molar-refractivity contribution in [2.75, 3.05) is 39.5 Å². The van der Waals surface area contributed by atoms with Gasteiger partial charge < -0.3 is 26.2 Å². The Kier molecular flexibility index (Phi) is 11.3. The molecule has 4 unspecified atom stereocenters. The van der Waals surface area contributed by atoms with Crippen LogP contribution in [0.25, 0.3) is 0 Å². The Morgan fingerprint density at radius 1 is 0.900 bits per heavy atom. The van der Waals surface area contributed by atoms with Crippen LogP contribution in [0.4, 0.5) is 0 Å². The van der Waals surface area contributed by atoms with E-state index in [0.29, 0.717) is 37.5 Å². The standard InChI is InChI=1S/C8H17NO.C6H15NO3/c1-5-4-8(10)6(2)3-7(5)9;8-4-1-7(2-5-9)3-6-10/h5-8,10H,3-4,9H2,1-2H3;8-10H,1-6H2. The summed E-state index contributed by atoms with van der Waals surface area (Å²) in [5.74, 6) is 0.886. The minimum Gasteiger partial charge on any atom is -0.395 e. The lowest BCUT2D eigenvalue weighted by atomic mass is 9.78. The number of nitrogens with two attached hydrogens (primary N) is 1. The number of hydrogen-bond donors (Lipinski definition) is 5. The van der Waals surface area contributed by atoms with Gasteiger partial charge in [0.15, 0.2) is 0 Å². The molecule has 1 aliphatic carbocycles. The fraction of sp³-hybridized carbons (Fsp3) is 1.00. The number of nitrogens with zero attached hydrogens (tertiary/aromatic N) is 1. The van der Waals surface area contributed by atoms with Crippen molar-refractivity contribution in [3.8, 4) is 0 Å². The largest absolute Gasteiger partial charge is 0.395 e. The van der Waals surface area contributed by atoms with Crippen LogP contribution in [-0.4, -0.2) is 76.9 Å². The van der Waals surface area contributed by atoms with Crippen molar-refractivity contribution in [2.24, 2.45) is 17.6 Å². The zero-order chi connectivity index (χ0) is 15.5. The molecule has 1 aliphatic rings. The molecule has 0 aromatic rings. The highest BCUT2D eigenvalue weighted by Gasteiger charge is 2.28. The first-order valence-corrected chi connectivity index (χ1v) is 7.44. The minimum absolute atomic E-state index is 0.0694. The molecule has 0 bridgehead atoms. The van der Waals surface area contributed by atoms with E-state index in [4.69, 9.17) is 21.1 Å². The van der Waals surface area contributed by atoms with Gasteiger partial charge in [-0.2, -0.15) is 0 Å². The van der Waals surface area contributed by atoms with E-state index in [9.17, 15) is 5.11 Å². The summed E-state index contributed by atoms with van der Waals surface area (Å²) in [6.45, 7) is 5.93. The van der Waals surface area contributed by atoms with Crippen molar-refractivity contribution in [1.82, 2.24) is 4.90 Å². The van der Waals surface area contributed by atoms with Gasteiger partial charge in [0.25, 0.3) is 0 Å². The molecule has 0 aromatic heterocycles. The molecule has 1 rings (SSSR count). The average molecular weight is 292 g/mol. The lowest BCUT2D eigenvalue weighted by molar-refractivity contribution is 0.0480. The highest BCUT2D eigenvalue weighted by atomic mass is 16.3. The molecule has 1 fully saturated rings. The van der Waals surface area contributed by atoms with Crippen LogP contribution in [0, 0.1) is 11.8 Å². The number of hydrogen-bond acceptors (Lipinski definition) is 6. The second-order valence-electron chi connectivity index (χ2n) is 5.67. The van der Waals surface area contributed by atoms with Gasteiger partial charge in [-0.25, -0.2) is 0 Å². The molecule has 6 nitrogen and oxygen atoms in total. The summed E-state index contributed by atoms with van der Waals surface area (Å²) in [6, 6.07) is 0.304. The van der Waals surface area contributed by atoms with Gasteiger partial charge in [0.1, 0.15) is 0 Å². The summed E-state index contributed by atoms with van der Waals surface area (Å²) >= 11 is 0. The highest BCUT2D eigenvalue weighted by molar-refractivity contribution is 4.83. The third-order valence-electron chi connectivity index (χ3n) is 3.89. The third-order valence-corrected chi connectivity index (χ3v) is 3.89. The quantitative estimate of drug-likeness (QED) is 0.430.